The third-order valence-corrected chi connectivity index (χ3v) is 4.51. The lowest BCUT2D eigenvalue weighted by Crippen LogP contribution is -2.26. The fraction of sp³-hybridized carbons (Fsp3) is 0.286. The molecule has 6 nitrogen and oxygen atoms in total. The molecule has 0 aliphatic rings. The van der Waals surface area contributed by atoms with E-state index in [-0.39, 0.29) is 18.7 Å². The molecule has 2 aromatic rings. The second-order valence-corrected chi connectivity index (χ2v) is 6.30. The number of amides is 1. The minimum absolute atomic E-state index is 0.0536. The molecule has 0 radical (unpaired) electrons. The molecule has 0 N–H and O–H groups in total. The highest BCUT2D eigenvalue weighted by Crippen LogP contribution is 2.29. The summed E-state index contributed by atoms with van der Waals surface area (Å²) >= 11 is 4.70. The van der Waals surface area contributed by atoms with Gasteiger partial charge >= 0.3 is 5.97 Å². The maximum atomic E-state index is 12.0. The smallest absolute Gasteiger partial charge is 0.306 e. The molecule has 8 heteroatoms. The van der Waals surface area contributed by atoms with E-state index in [0.717, 1.165) is 15.0 Å². The molecule has 0 aliphatic heterocycles. The highest BCUT2D eigenvalue weighted by Gasteiger charge is 2.17. The van der Waals surface area contributed by atoms with Crippen molar-refractivity contribution in [3.05, 3.63) is 28.7 Å². The van der Waals surface area contributed by atoms with E-state index in [9.17, 15) is 9.59 Å². The number of carbonyl (C=O) groups is 2. The molecule has 0 aliphatic carbocycles. The molecule has 0 saturated heterocycles. The number of halogens is 1. The quantitative estimate of drug-likeness (QED) is 0.742. The lowest BCUT2D eigenvalue weighted by molar-refractivity contribution is -0.141. The van der Waals surface area contributed by atoms with Gasteiger partial charge in [0.25, 0.3) is 0 Å². The lowest BCUT2D eigenvalue weighted by Gasteiger charge is -2.12. The van der Waals surface area contributed by atoms with Gasteiger partial charge in [0.1, 0.15) is 5.01 Å². The van der Waals surface area contributed by atoms with Crippen molar-refractivity contribution < 1.29 is 14.3 Å². The maximum absolute atomic E-state index is 12.0. The van der Waals surface area contributed by atoms with E-state index in [1.165, 1.54) is 23.3 Å². The molecule has 0 spiro atoms. The summed E-state index contributed by atoms with van der Waals surface area (Å²) in [6.07, 6.45) is 0.133. The van der Waals surface area contributed by atoms with Crippen molar-refractivity contribution in [2.45, 2.75) is 12.8 Å². The maximum Gasteiger partial charge on any atom is 0.306 e. The zero-order valence-electron chi connectivity index (χ0n) is 12.1. The molecule has 116 valence electrons. The van der Waals surface area contributed by atoms with Crippen molar-refractivity contribution in [3.8, 4) is 10.6 Å². The van der Waals surface area contributed by atoms with E-state index in [4.69, 9.17) is 0 Å². The summed E-state index contributed by atoms with van der Waals surface area (Å²) in [5.74, 6) is -0.613. The average molecular weight is 384 g/mol. The van der Waals surface area contributed by atoms with Gasteiger partial charge < -0.3 is 4.74 Å². The summed E-state index contributed by atoms with van der Waals surface area (Å²) in [6, 6.07) is 7.68. The molecule has 0 unspecified atom stereocenters. The Kier molecular flexibility index (Phi) is 5.62. The van der Waals surface area contributed by atoms with Crippen molar-refractivity contribution in [2.24, 2.45) is 0 Å². The van der Waals surface area contributed by atoms with E-state index in [0.29, 0.717) is 5.13 Å². The number of methoxy groups -OCH3 is 1. The topological polar surface area (TPSA) is 72.4 Å². The van der Waals surface area contributed by atoms with Crippen LogP contribution in [0.15, 0.2) is 28.7 Å². The zero-order valence-corrected chi connectivity index (χ0v) is 14.5. The van der Waals surface area contributed by atoms with Gasteiger partial charge in [-0.3, -0.25) is 14.5 Å². The van der Waals surface area contributed by atoms with Gasteiger partial charge in [0, 0.05) is 23.5 Å². The van der Waals surface area contributed by atoms with Crippen molar-refractivity contribution in [1.82, 2.24) is 10.2 Å². The van der Waals surface area contributed by atoms with Gasteiger partial charge in [-0.25, -0.2) is 0 Å². The second-order valence-electron chi connectivity index (χ2n) is 4.43. The molecule has 1 aromatic carbocycles. The molecule has 0 atom stereocenters. The summed E-state index contributed by atoms with van der Waals surface area (Å²) in [5.41, 5.74) is 0.933. The number of esters is 1. The number of nitrogens with zero attached hydrogens (tertiary/aromatic N) is 3. The van der Waals surface area contributed by atoms with E-state index < -0.39 is 5.97 Å². The van der Waals surface area contributed by atoms with E-state index in [1.54, 1.807) is 7.05 Å². The van der Waals surface area contributed by atoms with Gasteiger partial charge in [0.05, 0.1) is 13.5 Å². The van der Waals surface area contributed by atoms with E-state index in [1.807, 2.05) is 24.3 Å². The highest BCUT2D eigenvalue weighted by molar-refractivity contribution is 9.10. The van der Waals surface area contributed by atoms with Gasteiger partial charge in [-0.1, -0.05) is 39.4 Å². The van der Waals surface area contributed by atoms with Crippen LogP contribution in [-0.2, 0) is 14.3 Å². The van der Waals surface area contributed by atoms with Crippen molar-refractivity contribution in [1.29, 1.82) is 0 Å². The van der Waals surface area contributed by atoms with Crippen LogP contribution in [0.2, 0.25) is 0 Å². The van der Waals surface area contributed by atoms with Crippen LogP contribution in [-0.4, -0.2) is 36.2 Å². The van der Waals surface area contributed by atoms with Crippen LogP contribution >= 0.6 is 27.3 Å². The van der Waals surface area contributed by atoms with Crippen LogP contribution in [0.4, 0.5) is 5.13 Å². The summed E-state index contributed by atoms with van der Waals surface area (Å²) < 4.78 is 5.50. The summed E-state index contributed by atoms with van der Waals surface area (Å²) in [4.78, 5) is 24.5. The Hall–Kier alpha value is -1.80. The Morgan fingerprint density at radius 1 is 1.23 bits per heavy atom. The van der Waals surface area contributed by atoms with Gasteiger partial charge in [-0.15, -0.1) is 10.2 Å². The monoisotopic (exact) mass is 383 g/mol. The number of ether oxygens (including phenoxy) is 1. The number of carbonyl (C=O) groups excluding carboxylic acids is 2. The average Bonchev–Trinajstić information content (AvgIpc) is 3.02. The number of rotatable bonds is 5. The van der Waals surface area contributed by atoms with Crippen LogP contribution in [0.3, 0.4) is 0 Å². The molecule has 1 aromatic heterocycles. The van der Waals surface area contributed by atoms with Gasteiger partial charge in [-0.2, -0.15) is 0 Å². The predicted molar refractivity (Wildman–Crippen MR) is 87.7 cm³/mol. The zero-order chi connectivity index (χ0) is 16.1. The molecular formula is C14H14BrN3O3S. The minimum atomic E-state index is -0.408. The Labute approximate surface area is 140 Å². The third kappa shape index (κ3) is 4.11. The van der Waals surface area contributed by atoms with Gasteiger partial charge in [0.2, 0.25) is 11.0 Å². The highest BCUT2D eigenvalue weighted by atomic mass is 79.9. The van der Waals surface area contributed by atoms with Crippen molar-refractivity contribution in [3.63, 3.8) is 0 Å². The molecule has 0 fully saturated rings. The fourth-order valence-corrected chi connectivity index (χ4v) is 2.74. The Bertz CT molecular complexity index is 672. The minimum Gasteiger partial charge on any atom is -0.469 e. The first-order valence-corrected chi connectivity index (χ1v) is 8.05. The first-order chi connectivity index (χ1) is 10.5. The first-order valence-electron chi connectivity index (χ1n) is 6.44. The molecule has 0 bridgehead atoms. The third-order valence-electron chi connectivity index (χ3n) is 2.94. The molecule has 1 amide bonds. The molecule has 22 heavy (non-hydrogen) atoms. The molecule has 1 heterocycles. The summed E-state index contributed by atoms with van der Waals surface area (Å²) in [6.45, 7) is 0. The molecule has 0 saturated carbocycles. The van der Waals surface area contributed by atoms with E-state index in [2.05, 4.69) is 30.9 Å². The summed E-state index contributed by atoms with van der Waals surface area (Å²) in [5, 5.41) is 9.35. The lowest BCUT2D eigenvalue weighted by atomic mass is 10.2. The number of benzene rings is 1. The number of hydrogen-bond donors (Lipinski definition) is 0. The van der Waals surface area contributed by atoms with Crippen LogP contribution in [0, 0.1) is 0 Å². The number of aromatic nitrogens is 2. The SMILES string of the molecule is COC(=O)CCC(=O)N(C)c1nnc(-c2ccc(Br)cc2)s1. The normalized spacial score (nSPS) is 10.3. The first kappa shape index (κ1) is 16.6. The predicted octanol–water partition coefficient (Wildman–Crippen LogP) is 2.88. The van der Waals surface area contributed by atoms with Crippen LogP contribution in [0.5, 0.6) is 0 Å². The number of anilines is 1. The van der Waals surface area contributed by atoms with Crippen LogP contribution in [0.25, 0.3) is 10.6 Å². The van der Waals surface area contributed by atoms with Crippen molar-refractivity contribution >= 4 is 44.3 Å². The van der Waals surface area contributed by atoms with Crippen LogP contribution in [0.1, 0.15) is 12.8 Å². The standard InChI is InChI=1S/C14H14BrN3O3S/c1-18(11(19)7-8-12(20)21-2)14-17-16-13(22-14)9-3-5-10(15)6-4-9/h3-6H,7-8H2,1-2H3. The Balaban J connectivity index is 2.05. The second kappa shape index (κ2) is 7.46. The van der Waals surface area contributed by atoms with E-state index >= 15 is 0 Å². The van der Waals surface area contributed by atoms with Gasteiger partial charge in [-0.05, 0) is 12.1 Å². The summed E-state index contributed by atoms with van der Waals surface area (Å²) in [7, 11) is 2.91. The molecular weight excluding hydrogens is 370 g/mol. The van der Waals surface area contributed by atoms with Gasteiger partial charge in [0.15, 0.2) is 0 Å². The Morgan fingerprint density at radius 2 is 1.91 bits per heavy atom. The molecule has 2 rings (SSSR count). The fourth-order valence-electron chi connectivity index (χ4n) is 1.65. The number of hydrogen-bond acceptors (Lipinski definition) is 6. The van der Waals surface area contributed by atoms with Crippen LogP contribution < -0.4 is 4.90 Å². The largest absolute Gasteiger partial charge is 0.469 e. The Morgan fingerprint density at radius 3 is 2.55 bits per heavy atom. The van der Waals surface area contributed by atoms with Crippen molar-refractivity contribution in [2.75, 3.05) is 19.1 Å².